The van der Waals surface area contributed by atoms with Gasteiger partial charge in [0, 0.05) is 18.5 Å². The van der Waals surface area contributed by atoms with Crippen LogP contribution in [0.2, 0.25) is 0 Å². The van der Waals surface area contributed by atoms with Gasteiger partial charge in [0.2, 0.25) is 5.91 Å². The smallest absolute Gasteiger partial charge is 0.223 e. The number of rotatable bonds is 6. The van der Waals surface area contributed by atoms with Gasteiger partial charge >= 0.3 is 0 Å². The largest absolute Gasteiger partial charge is 0.356 e. The van der Waals surface area contributed by atoms with Crippen LogP contribution in [0.3, 0.4) is 0 Å². The van der Waals surface area contributed by atoms with Gasteiger partial charge in [0.05, 0.1) is 0 Å². The van der Waals surface area contributed by atoms with Gasteiger partial charge in [0.1, 0.15) is 0 Å². The summed E-state index contributed by atoms with van der Waals surface area (Å²) >= 11 is 1.86. The number of hydrogen-bond acceptors (Lipinski definition) is 3. The molecule has 3 N–H and O–H groups in total. The molecule has 0 heterocycles. The van der Waals surface area contributed by atoms with Gasteiger partial charge in [0.25, 0.3) is 0 Å². The standard InChI is InChI=1S/C11H22N2OS/c1-15-7-3-2-6-13-11(14)9-4-5-10(12)8-9/h9-10H,2-8,12H2,1H3,(H,13,14)/t9-,10+/m0/s1. The van der Waals surface area contributed by atoms with E-state index < -0.39 is 0 Å². The molecular formula is C11H22N2OS. The Morgan fingerprint density at radius 1 is 1.47 bits per heavy atom. The molecule has 1 aliphatic carbocycles. The van der Waals surface area contributed by atoms with Crippen LogP contribution in [0.5, 0.6) is 0 Å². The van der Waals surface area contributed by atoms with Crippen molar-refractivity contribution in [3.05, 3.63) is 0 Å². The monoisotopic (exact) mass is 230 g/mol. The van der Waals surface area contributed by atoms with Gasteiger partial charge in [-0.1, -0.05) is 0 Å². The number of carbonyl (C=O) groups is 1. The number of carbonyl (C=O) groups excluding carboxylic acids is 1. The third kappa shape index (κ3) is 4.89. The molecule has 15 heavy (non-hydrogen) atoms. The molecule has 0 radical (unpaired) electrons. The molecule has 0 spiro atoms. The van der Waals surface area contributed by atoms with E-state index in [1.54, 1.807) is 0 Å². The first-order valence-electron chi connectivity index (χ1n) is 5.76. The minimum atomic E-state index is 0.181. The molecule has 0 aromatic heterocycles. The molecule has 4 heteroatoms. The first-order chi connectivity index (χ1) is 7.24. The molecule has 1 aliphatic rings. The number of amides is 1. The lowest BCUT2D eigenvalue weighted by Crippen LogP contribution is -2.31. The van der Waals surface area contributed by atoms with E-state index in [1.165, 1.54) is 12.2 Å². The lowest BCUT2D eigenvalue weighted by Gasteiger charge is -2.10. The fraction of sp³-hybridized carbons (Fsp3) is 0.909. The van der Waals surface area contributed by atoms with Crippen molar-refractivity contribution < 1.29 is 4.79 Å². The molecule has 0 aromatic rings. The molecule has 0 aromatic carbocycles. The van der Waals surface area contributed by atoms with Crippen molar-refractivity contribution in [3.8, 4) is 0 Å². The number of nitrogens with two attached hydrogens (primary N) is 1. The van der Waals surface area contributed by atoms with Crippen LogP contribution in [0.4, 0.5) is 0 Å². The highest BCUT2D eigenvalue weighted by atomic mass is 32.2. The SMILES string of the molecule is CSCCCCNC(=O)[C@H]1CC[C@@H](N)C1. The van der Waals surface area contributed by atoms with Crippen LogP contribution in [-0.2, 0) is 4.79 Å². The number of thioether (sulfide) groups is 1. The van der Waals surface area contributed by atoms with Crippen molar-refractivity contribution in [1.82, 2.24) is 5.32 Å². The topological polar surface area (TPSA) is 55.1 Å². The van der Waals surface area contributed by atoms with Crippen molar-refractivity contribution >= 4 is 17.7 Å². The van der Waals surface area contributed by atoms with E-state index in [-0.39, 0.29) is 17.9 Å². The second-order valence-electron chi connectivity index (χ2n) is 4.26. The molecule has 0 unspecified atom stereocenters. The maximum absolute atomic E-state index is 11.7. The van der Waals surface area contributed by atoms with E-state index in [0.717, 1.165) is 32.2 Å². The Balaban J connectivity index is 2.03. The zero-order valence-corrected chi connectivity index (χ0v) is 10.3. The first-order valence-corrected chi connectivity index (χ1v) is 7.15. The van der Waals surface area contributed by atoms with Gasteiger partial charge in [0.15, 0.2) is 0 Å². The van der Waals surface area contributed by atoms with Crippen molar-refractivity contribution in [2.24, 2.45) is 11.7 Å². The van der Waals surface area contributed by atoms with Crippen molar-refractivity contribution in [1.29, 1.82) is 0 Å². The minimum absolute atomic E-state index is 0.181. The summed E-state index contributed by atoms with van der Waals surface area (Å²) in [5, 5.41) is 3.00. The second-order valence-corrected chi connectivity index (χ2v) is 5.25. The maximum atomic E-state index is 11.7. The van der Waals surface area contributed by atoms with Crippen LogP contribution in [-0.4, -0.2) is 30.5 Å². The van der Waals surface area contributed by atoms with Gasteiger partial charge in [-0.3, -0.25) is 4.79 Å². The Bertz CT molecular complexity index is 199. The van der Waals surface area contributed by atoms with Gasteiger partial charge < -0.3 is 11.1 Å². The summed E-state index contributed by atoms with van der Waals surface area (Å²) in [6.07, 6.45) is 7.23. The number of hydrogen-bond donors (Lipinski definition) is 2. The summed E-state index contributed by atoms with van der Waals surface area (Å²) in [5.74, 6) is 1.58. The highest BCUT2D eigenvalue weighted by Crippen LogP contribution is 2.23. The highest BCUT2D eigenvalue weighted by molar-refractivity contribution is 7.98. The van der Waals surface area contributed by atoms with E-state index >= 15 is 0 Å². The third-order valence-electron chi connectivity index (χ3n) is 2.92. The van der Waals surface area contributed by atoms with Gasteiger partial charge in [-0.15, -0.1) is 0 Å². The van der Waals surface area contributed by atoms with Crippen LogP contribution in [0.25, 0.3) is 0 Å². The molecule has 1 saturated carbocycles. The number of unbranched alkanes of at least 4 members (excludes halogenated alkanes) is 1. The molecule has 3 nitrogen and oxygen atoms in total. The fourth-order valence-electron chi connectivity index (χ4n) is 1.98. The summed E-state index contributed by atoms with van der Waals surface area (Å²) in [5.41, 5.74) is 5.77. The zero-order chi connectivity index (χ0) is 11.1. The summed E-state index contributed by atoms with van der Waals surface area (Å²) < 4.78 is 0. The average molecular weight is 230 g/mol. The maximum Gasteiger partial charge on any atom is 0.223 e. The lowest BCUT2D eigenvalue weighted by molar-refractivity contribution is -0.124. The molecular weight excluding hydrogens is 208 g/mol. The quantitative estimate of drug-likeness (QED) is 0.678. The molecule has 1 fully saturated rings. The molecule has 0 bridgehead atoms. The summed E-state index contributed by atoms with van der Waals surface area (Å²) in [4.78, 5) is 11.7. The predicted molar refractivity (Wildman–Crippen MR) is 65.9 cm³/mol. The minimum Gasteiger partial charge on any atom is -0.356 e. The summed E-state index contributed by atoms with van der Waals surface area (Å²) in [6.45, 7) is 0.825. The van der Waals surface area contributed by atoms with E-state index in [2.05, 4.69) is 11.6 Å². The fourth-order valence-corrected chi connectivity index (χ4v) is 2.47. The van der Waals surface area contributed by atoms with Gasteiger partial charge in [-0.2, -0.15) is 11.8 Å². The molecule has 0 saturated heterocycles. The van der Waals surface area contributed by atoms with Crippen LogP contribution < -0.4 is 11.1 Å². The Morgan fingerprint density at radius 3 is 2.87 bits per heavy atom. The Labute approximate surface area is 96.6 Å². The lowest BCUT2D eigenvalue weighted by atomic mass is 10.1. The van der Waals surface area contributed by atoms with E-state index in [9.17, 15) is 4.79 Å². The summed E-state index contributed by atoms with van der Waals surface area (Å²) in [7, 11) is 0. The molecule has 2 atom stereocenters. The highest BCUT2D eigenvalue weighted by Gasteiger charge is 2.27. The van der Waals surface area contributed by atoms with Crippen LogP contribution in [0.15, 0.2) is 0 Å². The van der Waals surface area contributed by atoms with E-state index in [4.69, 9.17) is 5.73 Å². The Hall–Kier alpha value is -0.220. The van der Waals surface area contributed by atoms with E-state index in [1.807, 2.05) is 11.8 Å². The Morgan fingerprint density at radius 2 is 2.27 bits per heavy atom. The zero-order valence-electron chi connectivity index (χ0n) is 9.50. The van der Waals surface area contributed by atoms with Gasteiger partial charge in [-0.05, 0) is 44.1 Å². The van der Waals surface area contributed by atoms with Gasteiger partial charge in [-0.25, -0.2) is 0 Å². The molecule has 1 amide bonds. The van der Waals surface area contributed by atoms with Crippen LogP contribution in [0.1, 0.15) is 32.1 Å². The summed E-state index contributed by atoms with van der Waals surface area (Å²) in [6, 6.07) is 0.247. The van der Waals surface area contributed by atoms with Crippen molar-refractivity contribution in [3.63, 3.8) is 0 Å². The molecule has 0 aliphatic heterocycles. The van der Waals surface area contributed by atoms with Crippen molar-refractivity contribution in [2.75, 3.05) is 18.6 Å². The molecule has 88 valence electrons. The third-order valence-corrected chi connectivity index (χ3v) is 3.62. The van der Waals surface area contributed by atoms with Crippen LogP contribution >= 0.6 is 11.8 Å². The normalized spacial score (nSPS) is 25.5. The Kier molecular flexibility index (Phi) is 6.10. The van der Waals surface area contributed by atoms with Crippen molar-refractivity contribution in [2.45, 2.75) is 38.1 Å². The average Bonchev–Trinajstić information content (AvgIpc) is 2.64. The van der Waals surface area contributed by atoms with Crippen LogP contribution in [0, 0.1) is 5.92 Å². The predicted octanol–water partition coefficient (Wildman–Crippen LogP) is 1.37. The second kappa shape index (κ2) is 7.12. The first kappa shape index (κ1) is 12.8. The molecule has 1 rings (SSSR count). The number of nitrogens with one attached hydrogen (secondary N) is 1. The van der Waals surface area contributed by atoms with E-state index in [0.29, 0.717) is 0 Å².